The van der Waals surface area contributed by atoms with Crippen molar-refractivity contribution in [2.45, 2.75) is 23.6 Å². The number of hydrogen-bond acceptors (Lipinski definition) is 6. The van der Waals surface area contributed by atoms with E-state index in [2.05, 4.69) is 4.72 Å². The van der Waals surface area contributed by atoms with Gasteiger partial charge in [-0.15, -0.1) is 11.3 Å². The van der Waals surface area contributed by atoms with Gasteiger partial charge in [0.15, 0.2) is 6.61 Å². The first-order chi connectivity index (χ1) is 14.8. The number of hydrogen-bond donors (Lipinski definition) is 1. The van der Waals surface area contributed by atoms with Crippen LogP contribution in [-0.4, -0.2) is 32.9 Å². The first-order valence-electron chi connectivity index (χ1n) is 9.58. The minimum atomic E-state index is -3.66. The number of fused-ring (bicyclic) bond motifs is 1. The molecule has 0 radical (unpaired) electrons. The Bertz CT molecular complexity index is 1200. The van der Waals surface area contributed by atoms with Crippen molar-refractivity contribution >= 4 is 44.6 Å². The third kappa shape index (κ3) is 4.47. The third-order valence-corrected chi connectivity index (χ3v) is 7.71. The molecule has 2 aromatic carbocycles. The molecule has 1 atom stereocenters. The molecule has 1 aromatic heterocycles. The van der Waals surface area contributed by atoms with Crippen molar-refractivity contribution in [2.24, 2.45) is 0 Å². The number of nitrogens with zero attached hydrogens (tertiary/aromatic N) is 1. The van der Waals surface area contributed by atoms with Crippen LogP contribution in [0.5, 0.6) is 0 Å². The summed E-state index contributed by atoms with van der Waals surface area (Å²) in [5, 5.41) is 1.68. The predicted molar refractivity (Wildman–Crippen MR) is 119 cm³/mol. The van der Waals surface area contributed by atoms with Crippen LogP contribution < -0.4 is 9.62 Å². The summed E-state index contributed by atoms with van der Waals surface area (Å²) in [6.45, 7) is 1.58. The molecular weight excluding hydrogens is 436 g/mol. The largest absolute Gasteiger partial charge is 0.452 e. The average Bonchev–Trinajstić information content (AvgIpc) is 3.40. The van der Waals surface area contributed by atoms with Gasteiger partial charge in [-0.3, -0.25) is 9.52 Å². The van der Waals surface area contributed by atoms with Crippen LogP contribution in [0.3, 0.4) is 0 Å². The maximum Gasteiger partial charge on any atom is 0.338 e. The van der Waals surface area contributed by atoms with Crippen LogP contribution >= 0.6 is 11.3 Å². The van der Waals surface area contributed by atoms with Crippen molar-refractivity contribution in [3.63, 3.8) is 0 Å². The predicted octanol–water partition coefficient (Wildman–Crippen LogP) is 3.68. The van der Waals surface area contributed by atoms with E-state index in [4.69, 9.17) is 4.74 Å². The SMILES string of the molecule is CC1Cc2ccccc2N1C(=O)COC(=O)c1ccc(NS(=O)(=O)c2cccs2)cc1. The van der Waals surface area contributed by atoms with Gasteiger partial charge in [0.2, 0.25) is 0 Å². The summed E-state index contributed by atoms with van der Waals surface area (Å²) in [6.07, 6.45) is 0.763. The number of sulfonamides is 1. The van der Waals surface area contributed by atoms with Crippen molar-refractivity contribution in [2.75, 3.05) is 16.2 Å². The fraction of sp³-hybridized carbons (Fsp3) is 0.182. The van der Waals surface area contributed by atoms with E-state index >= 15 is 0 Å². The number of thiophene rings is 1. The number of benzene rings is 2. The Morgan fingerprint density at radius 1 is 1.10 bits per heavy atom. The van der Waals surface area contributed by atoms with Crippen LogP contribution in [0.15, 0.2) is 70.3 Å². The topological polar surface area (TPSA) is 92.8 Å². The van der Waals surface area contributed by atoms with Crippen LogP contribution in [0.2, 0.25) is 0 Å². The average molecular weight is 457 g/mol. The van der Waals surface area contributed by atoms with Gasteiger partial charge >= 0.3 is 5.97 Å². The zero-order chi connectivity index (χ0) is 22.0. The summed E-state index contributed by atoms with van der Waals surface area (Å²) in [5.74, 6) is -0.938. The lowest BCUT2D eigenvalue weighted by Crippen LogP contribution is -2.38. The second-order valence-corrected chi connectivity index (χ2v) is 9.99. The normalized spacial score (nSPS) is 15.4. The van der Waals surface area contributed by atoms with Crippen LogP contribution in [0.25, 0.3) is 0 Å². The molecular formula is C22H20N2O5S2. The highest BCUT2D eigenvalue weighted by atomic mass is 32.2. The molecule has 1 unspecified atom stereocenters. The molecule has 160 valence electrons. The van der Waals surface area contributed by atoms with Gasteiger partial charge in [-0.05, 0) is 60.7 Å². The number of rotatable bonds is 6. The van der Waals surface area contributed by atoms with Crippen molar-refractivity contribution in [1.82, 2.24) is 0 Å². The van der Waals surface area contributed by atoms with Gasteiger partial charge in [-0.1, -0.05) is 24.3 Å². The molecule has 31 heavy (non-hydrogen) atoms. The minimum Gasteiger partial charge on any atom is -0.452 e. The van der Waals surface area contributed by atoms with Crippen molar-refractivity contribution in [3.8, 4) is 0 Å². The van der Waals surface area contributed by atoms with Crippen molar-refractivity contribution in [3.05, 3.63) is 77.2 Å². The molecule has 0 aliphatic carbocycles. The molecule has 1 amide bonds. The lowest BCUT2D eigenvalue weighted by atomic mass is 10.1. The number of esters is 1. The monoisotopic (exact) mass is 456 g/mol. The van der Waals surface area contributed by atoms with E-state index < -0.39 is 16.0 Å². The number of ether oxygens (including phenoxy) is 1. The Hall–Kier alpha value is -3.17. The lowest BCUT2D eigenvalue weighted by molar-refractivity contribution is -0.122. The molecule has 7 nitrogen and oxygen atoms in total. The van der Waals surface area contributed by atoms with E-state index in [0.29, 0.717) is 5.69 Å². The minimum absolute atomic E-state index is 0.000690. The number of carbonyl (C=O) groups is 2. The van der Waals surface area contributed by atoms with E-state index in [-0.39, 0.29) is 28.3 Å². The Kier molecular flexibility index (Phi) is 5.79. The van der Waals surface area contributed by atoms with Crippen LogP contribution in [0.1, 0.15) is 22.8 Å². The second kappa shape index (κ2) is 8.52. The van der Waals surface area contributed by atoms with Crippen LogP contribution in [0, 0.1) is 0 Å². The summed E-state index contributed by atoms with van der Waals surface area (Å²) >= 11 is 1.11. The molecule has 3 aromatic rings. The van der Waals surface area contributed by atoms with E-state index in [0.717, 1.165) is 29.0 Å². The molecule has 2 heterocycles. The van der Waals surface area contributed by atoms with Crippen LogP contribution in [-0.2, 0) is 26.0 Å². The van der Waals surface area contributed by atoms with Crippen molar-refractivity contribution in [1.29, 1.82) is 0 Å². The Morgan fingerprint density at radius 3 is 2.55 bits per heavy atom. The van der Waals surface area contributed by atoms with E-state index in [1.807, 2.05) is 31.2 Å². The summed E-state index contributed by atoms with van der Waals surface area (Å²) in [7, 11) is -3.66. The number of anilines is 2. The molecule has 1 N–H and O–H groups in total. The lowest BCUT2D eigenvalue weighted by Gasteiger charge is -2.22. The maximum atomic E-state index is 12.7. The second-order valence-electron chi connectivity index (χ2n) is 7.14. The van der Waals surface area contributed by atoms with Gasteiger partial charge in [-0.2, -0.15) is 0 Å². The third-order valence-electron chi connectivity index (χ3n) is 4.94. The highest BCUT2D eigenvalue weighted by Crippen LogP contribution is 2.31. The van der Waals surface area contributed by atoms with Gasteiger partial charge in [0.1, 0.15) is 4.21 Å². The highest BCUT2D eigenvalue weighted by molar-refractivity contribution is 7.94. The molecule has 1 aliphatic rings. The summed E-state index contributed by atoms with van der Waals surface area (Å²) in [4.78, 5) is 26.7. The first-order valence-corrected chi connectivity index (χ1v) is 11.9. The Morgan fingerprint density at radius 2 is 1.84 bits per heavy atom. The summed E-state index contributed by atoms with van der Waals surface area (Å²) in [6, 6.07) is 16.7. The Balaban J connectivity index is 1.37. The molecule has 9 heteroatoms. The number of para-hydroxylation sites is 1. The highest BCUT2D eigenvalue weighted by Gasteiger charge is 2.31. The first kappa shape index (κ1) is 21.1. The fourth-order valence-corrected chi connectivity index (χ4v) is 5.57. The molecule has 0 spiro atoms. The molecule has 1 aliphatic heterocycles. The summed E-state index contributed by atoms with van der Waals surface area (Å²) in [5.41, 5.74) is 2.49. The maximum absolute atomic E-state index is 12.7. The fourth-order valence-electron chi connectivity index (χ4n) is 3.52. The van der Waals surface area contributed by atoms with Gasteiger partial charge in [0, 0.05) is 17.4 Å². The zero-order valence-corrected chi connectivity index (χ0v) is 18.3. The number of carbonyl (C=O) groups excluding carboxylic acids is 2. The molecule has 0 saturated heterocycles. The Labute approximate surface area is 184 Å². The van der Waals surface area contributed by atoms with Crippen molar-refractivity contribution < 1.29 is 22.7 Å². The quantitative estimate of drug-likeness (QED) is 0.571. The standard InChI is InChI=1S/C22H20N2O5S2/c1-15-13-17-5-2-3-6-19(17)24(15)20(25)14-29-22(26)16-8-10-18(11-9-16)23-31(27,28)21-7-4-12-30-21/h2-12,15,23H,13-14H2,1H3. The number of amides is 1. The van der Waals surface area contributed by atoms with E-state index in [9.17, 15) is 18.0 Å². The van der Waals surface area contributed by atoms with Crippen LogP contribution in [0.4, 0.5) is 11.4 Å². The number of nitrogens with one attached hydrogen (secondary N) is 1. The zero-order valence-electron chi connectivity index (χ0n) is 16.6. The van der Waals surface area contributed by atoms with Gasteiger partial charge in [0.25, 0.3) is 15.9 Å². The molecule has 4 rings (SSSR count). The molecule has 0 fully saturated rings. The molecule has 0 saturated carbocycles. The van der Waals surface area contributed by atoms with Gasteiger partial charge < -0.3 is 9.64 Å². The van der Waals surface area contributed by atoms with E-state index in [1.165, 1.54) is 30.3 Å². The summed E-state index contributed by atoms with van der Waals surface area (Å²) < 4.78 is 32.4. The smallest absolute Gasteiger partial charge is 0.338 e. The van der Waals surface area contributed by atoms with Gasteiger partial charge in [-0.25, -0.2) is 13.2 Å². The van der Waals surface area contributed by atoms with Gasteiger partial charge in [0.05, 0.1) is 5.56 Å². The molecule has 0 bridgehead atoms. The van der Waals surface area contributed by atoms with E-state index in [1.54, 1.807) is 16.3 Å².